The Morgan fingerprint density at radius 3 is 1.17 bits per heavy atom. The quantitative estimate of drug-likeness (QED) is 0.155. The molecule has 0 amide bonds. The van der Waals surface area contributed by atoms with Gasteiger partial charge < -0.3 is 46.4 Å². The van der Waals surface area contributed by atoms with Crippen LogP contribution in [0.5, 0.6) is 23.0 Å². The van der Waals surface area contributed by atoms with Crippen LogP contribution >= 0.6 is 0 Å². The number of phenols is 4. The van der Waals surface area contributed by atoms with Crippen LogP contribution in [0, 0.1) is 0 Å². The Hall–Kier alpha value is -1.96. The van der Waals surface area contributed by atoms with Gasteiger partial charge in [0.05, 0.1) is 52.4 Å². The van der Waals surface area contributed by atoms with Crippen LogP contribution in [-0.2, 0) is 13.1 Å². The number of phenolic OH excluding ortho intramolecular Hbond substituents is 4. The van der Waals surface area contributed by atoms with Gasteiger partial charge in [0.15, 0.2) is 23.0 Å². The van der Waals surface area contributed by atoms with Crippen LogP contribution in [-0.4, -0.2) is 70.7 Å². The minimum absolute atomic E-state index is 0. The highest BCUT2D eigenvalue weighted by molar-refractivity contribution is 5.44. The maximum absolute atomic E-state index is 10.0. The summed E-state index contributed by atoms with van der Waals surface area (Å²) in [7, 11) is 8.69. The molecule has 0 saturated heterocycles. The van der Waals surface area contributed by atoms with Gasteiger partial charge >= 0.3 is 0 Å². The van der Waals surface area contributed by atoms with Gasteiger partial charge in [0.2, 0.25) is 0 Å². The van der Waals surface area contributed by atoms with Crippen molar-refractivity contribution in [3.8, 4) is 23.0 Å². The molecule has 0 spiro atoms. The van der Waals surface area contributed by atoms with E-state index in [1.807, 2.05) is 12.1 Å². The summed E-state index contributed by atoms with van der Waals surface area (Å²) in [5.74, 6) is -0.0756. The Morgan fingerprint density at radius 1 is 0.514 bits per heavy atom. The minimum Gasteiger partial charge on any atom is -1.00 e. The number of hydrogen-bond acceptors (Lipinski definition) is 4. The fourth-order valence-corrected chi connectivity index (χ4v) is 4.63. The van der Waals surface area contributed by atoms with E-state index in [9.17, 15) is 20.4 Å². The zero-order chi connectivity index (χ0) is 25.2. The minimum atomic E-state index is -0.0456. The highest BCUT2D eigenvalue weighted by atomic mass is 79.9. The van der Waals surface area contributed by atoms with Crippen molar-refractivity contribution in [3.05, 3.63) is 47.5 Å². The molecule has 7 heteroatoms. The fraction of sp³-hybridized carbons (Fsp3) is 0.571. The lowest BCUT2D eigenvalue weighted by atomic mass is 10.1. The number of rotatable bonds is 15. The molecule has 2 rings (SSSR count). The summed E-state index contributed by atoms with van der Waals surface area (Å²) in [6, 6.07) is 10.4. The van der Waals surface area contributed by atoms with E-state index in [4.69, 9.17) is 0 Å². The molecule has 2 aromatic carbocycles. The molecule has 0 aromatic heterocycles. The van der Waals surface area contributed by atoms with Gasteiger partial charge in [0.1, 0.15) is 13.1 Å². The Morgan fingerprint density at radius 2 is 0.829 bits per heavy atom. The summed E-state index contributed by atoms with van der Waals surface area (Å²) in [5.41, 5.74) is 1.59. The van der Waals surface area contributed by atoms with Gasteiger partial charge in [-0.2, -0.15) is 0 Å². The summed E-state index contributed by atoms with van der Waals surface area (Å²) >= 11 is 0. The maximum Gasteiger partial charge on any atom is 0.166 e. The molecule has 0 bridgehead atoms. The van der Waals surface area contributed by atoms with Crippen molar-refractivity contribution in [1.82, 2.24) is 0 Å². The van der Waals surface area contributed by atoms with E-state index < -0.39 is 0 Å². The summed E-state index contributed by atoms with van der Waals surface area (Å²) in [6.07, 6.45) is 9.86. The first-order valence-corrected chi connectivity index (χ1v) is 12.6. The molecular weight excluding hydrogens is 508 g/mol. The van der Waals surface area contributed by atoms with E-state index in [0.717, 1.165) is 33.2 Å². The van der Waals surface area contributed by atoms with Crippen molar-refractivity contribution in [2.75, 3.05) is 41.3 Å². The molecule has 0 fully saturated rings. The van der Waals surface area contributed by atoms with E-state index in [1.165, 1.54) is 63.5 Å². The van der Waals surface area contributed by atoms with Gasteiger partial charge in [-0.1, -0.05) is 37.8 Å². The van der Waals surface area contributed by atoms with Crippen LogP contribution < -0.4 is 17.0 Å². The normalized spacial score (nSPS) is 11.9. The van der Waals surface area contributed by atoms with E-state index in [0.29, 0.717) is 13.1 Å². The Bertz CT molecular complexity index is 829. The second-order valence-electron chi connectivity index (χ2n) is 11.0. The van der Waals surface area contributed by atoms with Crippen LogP contribution in [0.25, 0.3) is 0 Å². The van der Waals surface area contributed by atoms with E-state index in [1.54, 1.807) is 12.1 Å². The first kappa shape index (κ1) is 31.1. The summed E-state index contributed by atoms with van der Waals surface area (Å²) in [6.45, 7) is 3.52. The van der Waals surface area contributed by atoms with E-state index in [-0.39, 0.29) is 40.0 Å². The highest BCUT2D eigenvalue weighted by Crippen LogP contribution is 2.31. The molecule has 0 unspecified atom stereocenters. The largest absolute Gasteiger partial charge is 1.00 e. The maximum atomic E-state index is 10.0. The number of unbranched alkanes of at least 4 members (excludes halogenated alkanes) is 7. The average Bonchev–Trinajstić information content (AvgIpc) is 2.75. The predicted octanol–water partition coefficient (Wildman–Crippen LogP) is 2.49. The number of hydrogen-bond donors (Lipinski definition) is 4. The molecule has 0 aliphatic carbocycles. The SMILES string of the molecule is C[N+](C)(CCCCCCCCCC[N+](C)(C)Cc1cccc(O)c1O)Cc1cccc(O)c1O.[Br-]. The molecule has 0 atom stereocenters. The second kappa shape index (κ2) is 14.6. The van der Waals surface area contributed by atoms with E-state index >= 15 is 0 Å². The van der Waals surface area contributed by atoms with Gasteiger partial charge in [-0.15, -0.1) is 0 Å². The topological polar surface area (TPSA) is 80.9 Å². The highest BCUT2D eigenvalue weighted by Gasteiger charge is 2.20. The molecule has 35 heavy (non-hydrogen) atoms. The zero-order valence-electron chi connectivity index (χ0n) is 22.0. The third kappa shape index (κ3) is 11.1. The Labute approximate surface area is 222 Å². The standard InChI is InChI=1S/C28H44N2O4.BrH/c1-29(2,21-23-15-13-17-25(31)27(23)33)19-11-9-7-5-6-8-10-12-20-30(3,4)22-24-16-14-18-26(32)28(24)34;/h13-18H,5-12,19-22H2,1-4H3,(H2-2,31,32,33,34);1H/p+1. The van der Waals surface area contributed by atoms with Crippen LogP contribution in [0.15, 0.2) is 36.4 Å². The second-order valence-corrected chi connectivity index (χ2v) is 11.0. The van der Waals surface area contributed by atoms with Gasteiger partial charge in [-0.05, 0) is 49.9 Å². The lowest BCUT2D eigenvalue weighted by molar-refractivity contribution is -0.903. The smallest absolute Gasteiger partial charge is 0.166 e. The van der Waals surface area contributed by atoms with Crippen molar-refractivity contribution in [2.45, 2.75) is 64.5 Å². The number of nitrogens with zero attached hydrogens (tertiary/aromatic N) is 2. The molecule has 198 valence electrons. The number of quaternary nitrogens is 2. The molecule has 4 N–H and O–H groups in total. The fourth-order valence-electron chi connectivity index (χ4n) is 4.63. The summed E-state index contributed by atoms with van der Waals surface area (Å²) in [5, 5.41) is 39.5. The van der Waals surface area contributed by atoms with Gasteiger partial charge in [-0.25, -0.2) is 0 Å². The van der Waals surface area contributed by atoms with Crippen molar-refractivity contribution in [3.63, 3.8) is 0 Å². The molecule has 0 aliphatic rings. The van der Waals surface area contributed by atoms with Crippen molar-refractivity contribution < 1.29 is 46.4 Å². The molecule has 2 aromatic rings. The molecule has 0 radical (unpaired) electrons. The molecule has 6 nitrogen and oxygen atoms in total. The van der Waals surface area contributed by atoms with E-state index in [2.05, 4.69) is 28.2 Å². The van der Waals surface area contributed by atoms with Crippen LogP contribution in [0.1, 0.15) is 62.5 Å². The predicted molar refractivity (Wildman–Crippen MR) is 138 cm³/mol. The summed E-state index contributed by atoms with van der Waals surface area (Å²) < 4.78 is 1.59. The number of aromatic hydroxyl groups is 4. The molecule has 0 aliphatic heterocycles. The molecular formula is C28H46BrN2O4+. The number of benzene rings is 2. The first-order valence-electron chi connectivity index (χ1n) is 12.6. The third-order valence-corrected chi connectivity index (χ3v) is 6.67. The van der Waals surface area contributed by atoms with Crippen LogP contribution in [0.4, 0.5) is 0 Å². The van der Waals surface area contributed by atoms with Crippen molar-refractivity contribution >= 4 is 0 Å². The Kier molecular flexibility index (Phi) is 12.9. The first-order chi connectivity index (χ1) is 16.0. The van der Waals surface area contributed by atoms with Crippen LogP contribution in [0.2, 0.25) is 0 Å². The van der Waals surface area contributed by atoms with Gasteiger partial charge in [0, 0.05) is 0 Å². The Balaban J connectivity index is 0.00000612. The third-order valence-electron chi connectivity index (χ3n) is 6.67. The van der Waals surface area contributed by atoms with Crippen molar-refractivity contribution in [2.24, 2.45) is 0 Å². The lowest BCUT2D eigenvalue weighted by Gasteiger charge is -2.30. The lowest BCUT2D eigenvalue weighted by Crippen LogP contribution is -3.00. The monoisotopic (exact) mass is 553 g/mol. The molecule has 0 saturated carbocycles. The molecule has 0 heterocycles. The summed E-state index contributed by atoms with van der Waals surface area (Å²) in [4.78, 5) is 0. The van der Waals surface area contributed by atoms with Gasteiger partial charge in [0.25, 0.3) is 0 Å². The van der Waals surface area contributed by atoms with Crippen LogP contribution in [0.3, 0.4) is 0 Å². The zero-order valence-corrected chi connectivity index (χ0v) is 23.6. The number of para-hydroxylation sites is 2. The average molecular weight is 555 g/mol. The number of halogens is 1. The van der Waals surface area contributed by atoms with Crippen molar-refractivity contribution in [1.29, 1.82) is 0 Å². The van der Waals surface area contributed by atoms with Gasteiger partial charge in [-0.3, -0.25) is 0 Å².